The van der Waals surface area contributed by atoms with Crippen LogP contribution in [0.15, 0.2) is 29.6 Å². The second kappa shape index (κ2) is 5.75. The number of amides is 1. The fraction of sp³-hybridized carbons (Fsp3) is 0.214. The Hall–Kier alpha value is -2.01. The summed E-state index contributed by atoms with van der Waals surface area (Å²) in [4.78, 5) is 12.8. The summed E-state index contributed by atoms with van der Waals surface area (Å²) in [5.41, 5.74) is 9.23. The summed E-state index contributed by atoms with van der Waals surface area (Å²) in [7, 11) is 1.63. The van der Waals surface area contributed by atoms with Gasteiger partial charge in [0, 0.05) is 28.9 Å². The Labute approximate surface area is 116 Å². The molecule has 19 heavy (non-hydrogen) atoms. The number of carbonyl (C=O) groups excluding carboxylic acids is 1. The van der Waals surface area contributed by atoms with Crippen molar-refractivity contribution in [1.82, 2.24) is 5.32 Å². The molecule has 4 N–H and O–H groups in total. The molecule has 0 spiro atoms. The number of rotatable bonds is 4. The highest BCUT2D eigenvalue weighted by Gasteiger charge is 2.10. The molecule has 0 aliphatic rings. The summed E-state index contributed by atoms with van der Waals surface area (Å²) >= 11 is 1.62. The largest absolute Gasteiger partial charge is 0.398 e. The average molecular weight is 275 g/mol. The molecule has 0 aliphatic heterocycles. The number of benzene rings is 1. The number of hydrogen-bond acceptors (Lipinski definition) is 4. The molecular formula is C14H17N3OS. The molecule has 2 rings (SSSR count). The summed E-state index contributed by atoms with van der Waals surface area (Å²) < 4.78 is 0. The van der Waals surface area contributed by atoms with Gasteiger partial charge in [-0.1, -0.05) is 6.07 Å². The van der Waals surface area contributed by atoms with Crippen LogP contribution in [0.1, 0.15) is 20.8 Å². The van der Waals surface area contributed by atoms with Crippen molar-refractivity contribution >= 4 is 28.6 Å². The van der Waals surface area contributed by atoms with Gasteiger partial charge in [-0.25, -0.2) is 0 Å². The molecule has 2 aromatic rings. The zero-order chi connectivity index (χ0) is 13.8. The molecule has 1 aromatic carbocycles. The van der Waals surface area contributed by atoms with Crippen molar-refractivity contribution in [3.63, 3.8) is 0 Å². The van der Waals surface area contributed by atoms with E-state index >= 15 is 0 Å². The monoisotopic (exact) mass is 275 g/mol. The van der Waals surface area contributed by atoms with Crippen LogP contribution in [-0.4, -0.2) is 13.0 Å². The number of anilines is 2. The minimum atomic E-state index is -0.0724. The fourth-order valence-corrected chi connectivity index (χ4v) is 2.62. The van der Waals surface area contributed by atoms with E-state index in [1.807, 2.05) is 36.6 Å². The lowest BCUT2D eigenvalue weighted by Crippen LogP contribution is -2.19. The average Bonchev–Trinajstić information content (AvgIpc) is 2.82. The van der Waals surface area contributed by atoms with E-state index in [2.05, 4.69) is 10.6 Å². The molecule has 0 saturated carbocycles. The number of carbonyl (C=O) groups is 1. The molecular weight excluding hydrogens is 258 g/mol. The normalized spacial score (nSPS) is 10.2. The molecule has 0 radical (unpaired) electrons. The Kier molecular flexibility index (Phi) is 4.06. The smallest absolute Gasteiger partial charge is 0.251 e. The van der Waals surface area contributed by atoms with E-state index in [9.17, 15) is 4.79 Å². The summed E-state index contributed by atoms with van der Waals surface area (Å²) in [6, 6.07) is 7.55. The van der Waals surface area contributed by atoms with E-state index in [4.69, 9.17) is 5.73 Å². The van der Waals surface area contributed by atoms with Crippen molar-refractivity contribution in [3.8, 4) is 0 Å². The minimum absolute atomic E-state index is 0.0724. The van der Waals surface area contributed by atoms with Crippen LogP contribution in [-0.2, 0) is 6.54 Å². The Morgan fingerprint density at radius 1 is 1.37 bits per heavy atom. The number of hydrogen-bond donors (Lipinski definition) is 3. The predicted octanol–water partition coefficient (Wildman–Crippen LogP) is 2.61. The lowest BCUT2D eigenvalue weighted by molar-refractivity contribution is 0.0962. The molecule has 5 heteroatoms. The Bertz CT molecular complexity index is 592. The number of nitrogen functional groups attached to an aromatic ring is 1. The van der Waals surface area contributed by atoms with Crippen molar-refractivity contribution in [3.05, 3.63) is 45.6 Å². The fourth-order valence-electron chi connectivity index (χ4n) is 1.88. The van der Waals surface area contributed by atoms with Gasteiger partial charge < -0.3 is 16.4 Å². The highest BCUT2D eigenvalue weighted by atomic mass is 32.1. The highest BCUT2D eigenvalue weighted by Crippen LogP contribution is 2.23. The van der Waals surface area contributed by atoms with Crippen molar-refractivity contribution in [2.45, 2.75) is 13.5 Å². The molecule has 1 heterocycles. The quantitative estimate of drug-likeness (QED) is 0.803. The number of nitrogens with two attached hydrogens (primary N) is 1. The van der Waals surface area contributed by atoms with Crippen LogP contribution in [0.3, 0.4) is 0 Å². The molecule has 0 aliphatic carbocycles. The van der Waals surface area contributed by atoms with Gasteiger partial charge in [-0.15, -0.1) is 11.3 Å². The second-order valence-corrected chi connectivity index (χ2v) is 5.21. The maximum Gasteiger partial charge on any atom is 0.251 e. The van der Waals surface area contributed by atoms with Crippen LogP contribution in [0.5, 0.6) is 0 Å². The summed E-state index contributed by atoms with van der Waals surface area (Å²) in [5, 5.41) is 7.94. The summed E-state index contributed by atoms with van der Waals surface area (Å²) in [5.74, 6) is -0.0724. The van der Waals surface area contributed by atoms with Gasteiger partial charge in [-0.05, 0) is 36.1 Å². The minimum Gasteiger partial charge on any atom is -0.398 e. The lowest BCUT2D eigenvalue weighted by Gasteiger charge is -2.12. The first kappa shape index (κ1) is 13.4. The third kappa shape index (κ3) is 2.88. The van der Waals surface area contributed by atoms with Gasteiger partial charge in [-0.2, -0.15) is 0 Å². The van der Waals surface area contributed by atoms with Crippen LogP contribution in [0, 0.1) is 6.92 Å². The van der Waals surface area contributed by atoms with Crippen LogP contribution >= 0.6 is 11.3 Å². The van der Waals surface area contributed by atoms with Crippen LogP contribution in [0.25, 0.3) is 0 Å². The van der Waals surface area contributed by atoms with Crippen LogP contribution < -0.4 is 16.4 Å². The van der Waals surface area contributed by atoms with Gasteiger partial charge in [0.25, 0.3) is 5.91 Å². The van der Waals surface area contributed by atoms with E-state index in [1.54, 1.807) is 18.4 Å². The van der Waals surface area contributed by atoms with Gasteiger partial charge in [0.05, 0.1) is 6.54 Å². The Morgan fingerprint density at radius 2 is 2.16 bits per heavy atom. The highest BCUT2D eigenvalue weighted by molar-refractivity contribution is 7.10. The van der Waals surface area contributed by atoms with E-state index in [0.29, 0.717) is 12.1 Å². The molecule has 0 fully saturated rings. The first-order chi connectivity index (χ1) is 9.13. The van der Waals surface area contributed by atoms with E-state index in [-0.39, 0.29) is 5.91 Å². The third-order valence-electron chi connectivity index (χ3n) is 3.02. The lowest BCUT2D eigenvalue weighted by atomic mass is 10.1. The SMILES string of the molecule is CNC(=O)c1cccc(NCc2sccc2N)c1C. The molecule has 0 bridgehead atoms. The van der Waals surface area contributed by atoms with E-state index in [1.165, 1.54) is 0 Å². The zero-order valence-corrected chi connectivity index (χ0v) is 11.8. The Balaban J connectivity index is 2.17. The van der Waals surface area contributed by atoms with Crippen LogP contribution in [0.2, 0.25) is 0 Å². The van der Waals surface area contributed by atoms with Gasteiger partial charge in [0.15, 0.2) is 0 Å². The van der Waals surface area contributed by atoms with Crippen molar-refractivity contribution in [1.29, 1.82) is 0 Å². The standard InChI is InChI=1S/C14H17N3OS/c1-9-10(14(18)16-2)4-3-5-12(9)17-8-13-11(15)6-7-19-13/h3-7,17H,8,15H2,1-2H3,(H,16,18). The van der Waals surface area contributed by atoms with E-state index < -0.39 is 0 Å². The molecule has 4 nitrogen and oxygen atoms in total. The molecule has 0 atom stereocenters. The topological polar surface area (TPSA) is 67.2 Å². The molecule has 1 aromatic heterocycles. The Morgan fingerprint density at radius 3 is 2.79 bits per heavy atom. The van der Waals surface area contributed by atoms with Gasteiger partial charge >= 0.3 is 0 Å². The zero-order valence-electron chi connectivity index (χ0n) is 11.0. The van der Waals surface area contributed by atoms with Crippen molar-refractivity contribution in [2.75, 3.05) is 18.1 Å². The van der Waals surface area contributed by atoms with Crippen LogP contribution in [0.4, 0.5) is 11.4 Å². The molecule has 1 amide bonds. The van der Waals surface area contributed by atoms with Crippen molar-refractivity contribution < 1.29 is 4.79 Å². The molecule has 0 saturated heterocycles. The second-order valence-electron chi connectivity index (χ2n) is 4.21. The number of thiophene rings is 1. The molecule has 0 unspecified atom stereocenters. The summed E-state index contributed by atoms with van der Waals surface area (Å²) in [6.45, 7) is 2.60. The predicted molar refractivity (Wildman–Crippen MR) is 80.6 cm³/mol. The maximum atomic E-state index is 11.7. The van der Waals surface area contributed by atoms with Gasteiger partial charge in [0.1, 0.15) is 0 Å². The van der Waals surface area contributed by atoms with Crippen molar-refractivity contribution in [2.24, 2.45) is 0 Å². The third-order valence-corrected chi connectivity index (χ3v) is 3.96. The van der Waals surface area contributed by atoms with Gasteiger partial charge in [-0.3, -0.25) is 4.79 Å². The van der Waals surface area contributed by atoms with E-state index in [0.717, 1.165) is 21.8 Å². The first-order valence-corrected chi connectivity index (χ1v) is 6.89. The van der Waals surface area contributed by atoms with Gasteiger partial charge in [0.2, 0.25) is 0 Å². The summed E-state index contributed by atoms with van der Waals surface area (Å²) in [6.07, 6.45) is 0. The number of nitrogens with one attached hydrogen (secondary N) is 2. The maximum absolute atomic E-state index is 11.7. The molecule has 100 valence electrons. The first-order valence-electron chi connectivity index (χ1n) is 6.01.